The van der Waals surface area contributed by atoms with Crippen molar-refractivity contribution < 1.29 is 14.3 Å². The Balaban J connectivity index is 1.53. The maximum Gasteiger partial charge on any atom is 0.262 e. The summed E-state index contributed by atoms with van der Waals surface area (Å²) in [5.41, 5.74) is 4.23. The molecule has 3 aromatic rings. The molecule has 0 aromatic heterocycles. The summed E-state index contributed by atoms with van der Waals surface area (Å²) in [6.07, 6.45) is 3.29. The van der Waals surface area contributed by atoms with E-state index in [1.807, 2.05) is 56.3 Å². The van der Waals surface area contributed by atoms with Gasteiger partial charge in [-0.3, -0.25) is 9.59 Å². The molecule has 0 aliphatic heterocycles. The number of rotatable bonds is 7. The van der Waals surface area contributed by atoms with E-state index < -0.39 is 0 Å². The van der Waals surface area contributed by atoms with Gasteiger partial charge in [0.15, 0.2) is 12.4 Å². The van der Waals surface area contributed by atoms with Crippen LogP contribution in [0.4, 0.5) is 5.69 Å². The van der Waals surface area contributed by atoms with Crippen LogP contribution < -0.4 is 10.1 Å². The van der Waals surface area contributed by atoms with E-state index in [1.165, 1.54) is 6.08 Å². The SMILES string of the molecule is Cc1ccc(C)c(OCC(=O)Nc2ccc(C=CC(=O)c3ccc(Br)cc3)cc2)c1. The first-order valence-electron chi connectivity index (χ1n) is 9.49. The van der Waals surface area contributed by atoms with E-state index in [0.717, 1.165) is 21.2 Å². The molecule has 1 amide bonds. The predicted molar refractivity (Wildman–Crippen MR) is 124 cm³/mol. The van der Waals surface area contributed by atoms with Gasteiger partial charge in [-0.15, -0.1) is 0 Å². The van der Waals surface area contributed by atoms with E-state index in [-0.39, 0.29) is 18.3 Å². The molecule has 3 rings (SSSR count). The molecule has 3 aromatic carbocycles. The van der Waals surface area contributed by atoms with Crippen LogP contribution in [0.5, 0.6) is 5.75 Å². The van der Waals surface area contributed by atoms with Crippen LogP contribution in [0, 0.1) is 13.8 Å². The molecule has 0 aliphatic rings. The summed E-state index contributed by atoms with van der Waals surface area (Å²) in [7, 11) is 0. The summed E-state index contributed by atoms with van der Waals surface area (Å²) in [6, 6.07) is 20.4. The van der Waals surface area contributed by atoms with E-state index in [9.17, 15) is 9.59 Å². The minimum Gasteiger partial charge on any atom is -0.483 e. The topological polar surface area (TPSA) is 55.4 Å². The van der Waals surface area contributed by atoms with Crippen LogP contribution >= 0.6 is 15.9 Å². The highest BCUT2D eigenvalue weighted by Gasteiger charge is 2.06. The standard InChI is InChI=1S/C25H22BrNO3/c1-17-3-4-18(2)24(15-17)30-16-25(29)27-22-12-5-19(6-13-22)7-14-23(28)20-8-10-21(26)11-9-20/h3-15H,16H2,1-2H3,(H,27,29). The molecule has 0 atom stereocenters. The molecular formula is C25H22BrNO3. The van der Waals surface area contributed by atoms with Crippen molar-refractivity contribution in [3.63, 3.8) is 0 Å². The quantitative estimate of drug-likeness (QED) is 0.346. The zero-order valence-electron chi connectivity index (χ0n) is 16.8. The summed E-state index contributed by atoms with van der Waals surface area (Å²) >= 11 is 3.35. The molecule has 0 spiro atoms. The molecule has 5 heteroatoms. The van der Waals surface area contributed by atoms with Crippen LogP contribution in [0.25, 0.3) is 6.08 Å². The van der Waals surface area contributed by atoms with Gasteiger partial charge in [0.05, 0.1) is 0 Å². The molecule has 152 valence electrons. The number of hydrogen-bond donors (Lipinski definition) is 1. The molecule has 4 nitrogen and oxygen atoms in total. The first kappa shape index (κ1) is 21.5. The maximum absolute atomic E-state index is 12.2. The number of nitrogens with one attached hydrogen (secondary N) is 1. The van der Waals surface area contributed by atoms with Gasteiger partial charge in [0.25, 0.3) is 5.91 Å². The molecule has 0 radical (unpaired) electrons. The van der Waals surface area contributed by atoms with Gasteiger partial charge in [-0.2, -0.15) is 0 Å². The smallest absolute Gasteiger partial charge is 0.262 e. The van der Waals surface area contributed by atoms with Crippen LogP contribution in [0.3, 0.4) is 0 Å². The summed E-state index contributed by atoms with van der Waals surface area (Å²) in [5.74, 6) is 0.411. The molecule has 0 aliphatic carbocycles. The second-order valence-electron chi connectivity index (χ2n) is 6.93. The van der Waals surface area contributed by atoms with Crippen LogP contribution in [0.1, 0.15) is 27.0 Å². The highest BCUT2D eigenvalue weighted by Crippen LogP contribution is 2.19. The van der Waals surface area contributed by atoms with Gasteiger partial charge in [-0.1, -0.05) is 46.3 Å². The van der Waals surface area contributed by atoms with Gasteiger partial charge < -0.3 is 10.1 Å². The summed E-state index contributed by atoms with van der Waals surface area (Å²) in [6.45, 7) is 3.86. The normalized spacial score (nSPS) is 10.8. The average molecular weight is 464 g/mol. The lowest BCUT2D eigenvalue weighted by Gasteiger charge is -2.10. The number of amides is 1. The first-order chi connectivity index (χ1) is 14.4. The number of benzene rings is 3. The molecule has 0 bridgehead atoms. The van der Waals surface area contributed by atoms with E-state index in [1.54, 1.807) is 30.3 Å². The second kappa shape index (κ2) is 10.0. The monoisotopic (exact) mass is 463 g/mol. The number of halogens is 1. The Kier molecular flexibility index (Phi) is 7.20. The average Bonchev–Trinajstić information content (AvgIpc) is 2.74. The van der Waals surface area contributed by atoms with Crippen molar-refractivity contribution in [2.24, 2.45) is 0 Å². The molecule has 1 N–H and O–H groups in total. The predicted octanol–water partition coefficient (Wildman–Crippen LogP) is 5.98. The Morgan fingerprint density at radius 2 is 1.67 bits per heavy atom. The zero-order valence-corrected chi connectivity index (χ0v) is 18.4. The first-order valence-corrected chi connectivity index (χ1v) is 10.3. The fourth-order valence-corrected chi connectivity index (χ4v) is 3.03. The summed E-state index contributed by atoms with van der Waals surface area (Å²) in [5, 5.41) is 2.81. The lowest BCUT2D eigenvalue weighted by atomic mass is 10.1. The Morgan fingerprint density at radius 1 is 0.967 bits per heavy atom. The number of allylic oxidation sites excluding steroid dienone is 1. The van der Waals surface area contributed by atoms with E-state index in [2.05, 4.69) is 21.2 Å². The van der Waals surface area contributed by atoms with Crippen LogP contribution in [-0.2, 0) is 4.79 Å². The lowest BCUT2D eigenvalue weighted by Crippen LogP contribution is -2.20. The van der Waals surface area contributed by atoms with Crippen molar-refractivity contribution in [3.05, 3.63) is 99.5 Å². The zero-order chi connectivity index (χ0) is 21.5. The van der Waals surface area contributed by atoms with Gasteiger partial charge in [0, 0.05) is 15.7 Å². The van der Waals surface area contributed by atoms with E-state index in [0.29, 0.717) is 17.0 Å². The third-order valence-corrected chi connectivity index (χ3v) is 4.98. The number of ketones is 1. The van der Waals surface area contributed by atoms with Gasteiger partial charge in [0.2, 0.25) is 0 Å². The molecule has 30 heavy (non-hydrogen) atoms. The van der Waals surface area contributed by atoms with Crippen molar-refractivity contribution in [1.29, 1.82) is 0 Å². The molecule has 0 heterocycles. The Labute approximate surface area is 184 Å². The summed E-state index contributed by atoms with van der Waals surface area (Å²) < 4.78 is 6.56. The van der Waals surface area contributed by atoms with Gasteiger partial charge in [0.1, 0.15) is 5.75 Å². The highest BCUT2D eigenvalue weighted by atomic mass is 79.9. The number of carbonyl (C=O) groups excluding carboxylic acids is 2. The van der Waals surface area contributed by atoms with Crippen LogP contribution in [0.2, 0.25) is 0 Å². The number of aryl methyl sites for hydroxylation is 2. The van der Waals surface area contributed by atoms with Crippen LogP contribution in [0.15, 0.2) is 77.3 Å². The minimum absolute atomic E-state index is 0.0619. The Morgan fingerprint density at radius 3 is 2.37 bits per heavy atom. The van der Waals surface area contributed by atoms with Gasteiger partial charge in [-0.25, -0.2) is 0 Å². The minimum atomic E-state index is -0.232. The largest absolute Gasteiger partial charge is 0.483 e. The van der Waals surface area contributed by atoms with Crippen molar-refractivity contribution >= 4 is 39.4 Å². The molecular weight excluding hydrogens is 442 g/mol. The molecule has 0 unspecified atom stereocenters. The highest BCUT2D eigenvalue weighted by molar-refractivity contribution is 9.10. The van der Waals surface area contributed by atoms with Crippen LogP contribution in [-0.4, -0.2) is 18.3 Å². The maximum atomic E-state index is 12.2. The molecule has 0 saturated carbocycles. The fraction of sp³-hybridized carbons (Fsp3) is 0.120. The van der Waals surface area contributed by atoms with Crippen molar-refractivity contribution in [2.75, 3.05) is 11.9 Å². The summed E-state index contributed by atoms with van der Waals surface area (Å²) in [4.78, 5) is 24.4. The third kappa shape index (κ3) is 6.16. The molecule has 0 fully saturated rings. The fourth-order valence-electron chi connectivity index (χ4n) is 2.76. The lowest BCUT2D eigenvalue weighted by molar-refractivity contribution is -0.118. The van der Waals surface area contributed by atoms with E-state index in [4.69, 9.17) is 4.74 Å². The van der Waals surface area contributed by atoms with Gasteiger partial charge in [-0.05, 0) is 79.1 Å². The van der Waals surface area contributed by atoms with Crippen molar-refractivity contribution in [2.45, 2.75) is 13.8 Å². The van der Waals surface area contributed by atoms with E-state index >= 15 is 0 Å². The third-order valence-electron chi connectivity index (χ3n) is 4.45. The van der Waals surface area contributed by atoms with Crippen molar-refractivity contribution in [1.82, 2.24) is 0 Å². The van der Waals surface area contributed by atoms with Crippen molar-refractivity contribution in [3.8, 4) is 5.75 Å². The number of hydrogen-bond acceptors (Lipinski definition) is 3. The number of carbonyl (C=O) groups is 2. The number of ether oxygens (including phenoxy) is 1. The van der Waals surface area contributed by atoms with Gasteiger partial charge >= 0.3 is 0 Å². The Bertz CT molecular complexity index is 1070. The Hall–Kier alpha value is -3.18. The number of anilines is 1. The second-order valence-corrected chi connectivity index (χ2v) is 7.85. The molecule has 0 saturated heterocycles.